The van der Waals surface area contributed by atoms with Crippen LogP contribution in [0.4, 0.5) is 0 Å². The van der Waals surface area contributed by atoms with Crippen LogP contribution in [0.2, 0.25) is 0 Å². The summed E-state index contributed by atoms with van der Waals surface area (Å²) in [4.78, 5) is 28.3. The molecule has 0 fully saturated rings. The summed E-state index contributed by atoms with van der Waals surface area (Å²) in [6.45, 7) is 2.05. The molecule has 108 valence electrons. The molecule has 1 rings (SSSR count). The lowest BCUT2D eigenvalue weighted by Crippen LogP contribution is -2.15. The van der Waals surface area contributed by atoms with Crippen molar-refractivity contribution in [2.24, 2.45) is 0 Å². The highest BCUT2D eigenvalue weighted by Crippen LogP contribution is 2.17. The maximum atomic E-state index is 11.7. The van der Waals surface area contributed by atoms with Crippen LogP contribution >= 0.6 is 24.2 Å². The average Bonchev–Trinajstić information content (AvgIpc) is 2.30. The van der Waals surface area contributed by atoms with Crippen molar-refractivity contribution in [3.63, 3.8) is 0 Å². The Morgan fingerprint density at radius 1 is 1.42 bits per heavy atom. The molecule has 0 aliphatic carbocycles. The summed E-state index contributed by atoms with van der Waals surface area (Å²) < 4.78 is 0. The summed E-state index contributed by atoms with van der Waals surface area (Å²) in [5.41, 5.74) is -0.130. The Morgan fingerprint density at radius 3 is 2.63 bits per heavy atom. The van der Waals surface area contributed by atoms with E-state index in [-0.39, 0.29) is 34.8 Å². The minimum Gasteiger partial charge on any atom is -0.493 e. The molecule has 3 N–H and O–H groups in total. The van der Waals surface area contributed by atoms with E-state index in [2.05, 4.69) is 9.97 Å². The van der Waals surface area contributed by atoms with E-state index in [1.165, 1.54) is 0 Å². The Morgan fingerprint density at radius 2 is 2.11 bits per heavy atom. The monoisotopic (exact) mass is 308 g/mol. The zero-order valence-electron chi connectivity index (χ0n) is 10.5. The molecular formula is C11H17ClN2O4S. The second-order valence-corrected chi connectivity index (χ2v) is 4.78. The van der Waals surface area contributed by atoms with Gasteiger partial charge in [-0.25, -0.2) is 0 Å². The number of carbonyl (C=O) groups is 1. The first-order valence-corrected chi connectivity index (χ1v) is 6.70. The van der Waals surface area contributed by atoms with Gasteiger partial charge in [-0.1, -0.05) is 31.5 Å². The van der Waals surface area contributed by atoms with Gasteiger partial charge in [0.2, 0.25) is 5.88 Å². The summed E-state index contributed by atoms with van der Waals surface area (Å²) in [6, 6.07) is 0. The number of aromatic amines is 1. The van der Waals surface area contributed by atoms with Crippen molar-refractivity contribution in [3.05, 3.63) is 15.9 Å². The van der Waals surface area contributed by atoms with Gasteiger partial charge in [0.15, 0.2) is 5.16 Å². The smallest absolute Gasteiger partial charge is 0.313 e. The number of carboxylic acids is 1. The second kappa shape index (κ2) is 8.82. The molecule has 1 aromatic heterocycles. The van der Waals surface area contributed by atoms with Crippen molar-refractivity contribution < 1.29 is 15.0 Å². The van der Waals surface area contributed by atoms with E-state index in [1.807, 2.05) is 6.92 Å². The molecule has 19 heavy (non-hydrogen) atoms. The number of thioether (sulfide) groups is 1. The van der Waals surface area contributed by atoms with Crippen molar-refractivity contribution in [2.45, 2.75) is 37.8 Å². The molecule has 0 unspecified atom stereocenters. The predicted octanol–water partition coefficient (Wildman–Crippen LogP) is 1.81. The van der Waals surface area contributed by atoms with Crippen LogP contribution in [-0.4, -0.2) is 31.9 Å². The second-order valence-electron chi connectivity index (χ2n) is 3.81. The number of rotatable bonds is 7. The summed E-state index contributed by atoms with van der Waals surface area (Å²) >= 11 is 0.868. The van der Waals surface area contributed by atoms with E-state index >= 15 is 0 Å². The highest BCUT2D eigenvalue weighted by atomic mass is 35.5. The first-order chi connectivity index (χ1) is 8.54. The number of aromatic hydroxyl groups is 1. The van der Waals surface area contributed by atoms with Gasteiger partial charge >= 0.3 is 5.97 Å². The molecule has 0 saturated heterocycles. The van der Waals surface area contributed by atoms with Crippen LogP contribution in [0.25, 0.3) is 0 Å². The number of nitrogens with zero attached hydrogens (tertiary/aromatic N) is 1. The quantitative estimate of drug-likeness (QED) is 0.403. The molecule has 1 heterocycles. The van der Waals surface area contributed by atoms with Crippen LogP contribution in [0.5, 0.6) is 5.88 Å². The van der Waals surface area contributed by atoms with E-state index in [0.717, 1.165) is 31.0 Å². The fourth-order valence-corrected chi connectivity index (χ4v) is 2.02. The maximum absolute atomic E-state index is 11.7. The standard InChI is InChI=1S/C11H16N2O4S.ClH/c1-2-3-4-5-7-9(16)12-11(13-10(7)17)18-6-8(14)15;/h2-6H2,1H3,(H,14,15)(H2,12,13,16,17);1H. The molecular weight excluding hydrogens is 292 g/mol. The van der Waals surface area contributed by atoms with Gasteiger partial charge in [0.25, 0.3) is 5.56 Å². The van der Waals surface area contributed by atoms with E-state index in [9.17, 15) is 14.7 Å². The van der Waals surface area contributed by atoms with E-state index in [0.29, 0.717) is 6.42 Å². The molecule has 8 heteroatoms. The molecule has 0 spiro atoms. The van der Waals surface area contributed by atoms with Gasteiger partial charge in [0.05, 0.1) is 11.3 Å². The molecule has 0 aliphatic rings. The van der Waals surface area contributed by atoms with Crippen LogP contribution in [0, 0.1) is 0 Å². The molecule has 0 aromatic carbocycles. The van der Waals surface area contributed by atoms with Crippen LogP contribution < -0.4 is 5.56 Å². The van der Waals surface area contributed by atoms with Crippen LogP contribution in [0.1, 0.15) is 31.7 Å². The highest BCUT2D eigenvalue weighted by molar-refractivity contribution is 7.99. The Balaban J connectivity index is 0.00000324. The average molecular weight is 309 g/mol. The van der Waals surface area contributed by atoms with Crippen molar-refractivity contribution in [3.8, 4) is 5.88 Å². The fraction of sp³-hybridized carbons (Fsp3) is 0.545. The van der Waals surface area contributed by atoms with Gasteiger partial charge in [-0.15, -0.1) is 12.4 Å². The Hall–Kier alpha value is -1.21. The van der Waals surface area contributed by atoms with Gasteiger partial charge in [-0.2, -0.15) is 4.98 Å². The van der Waals surface area contributed by atoms with Gasteiger partial charge in [0, 0.05) is 0 Å². The summed E-state index contributed by atoms with van der Waals surface area (Å²) in [6.07, 6.45) is 3.30. The van der Waals surface area contributed by atoms with Crippen molar-refractivity contribution in [1.29, 1.82) is 0 Å². The molecule has 0 amide bonds. The van der Waals surface area contributed by atoms with Gasteiger partial charge < -0.3 is 15.2 Å². The SMILES string of the molecule is CCCCCc1c(O)nc(SCC(=O)O)[nH]c1=O.Cl. The third-order valence-electron chi connectivity index (χ3n) is 2.33. The number of hydrogen-bond donors (Lipinski definition) is 3. The Kier molecular flexibility index (Phi) is 8.26. The van der Waals surface area contributed by atoms with Crippen LogP contribution in [0.15, 0.2) is 9.95 Å². The Labute approximate surface area is 121 Å². The molecule has 0 radical (unpaired) electrons. The van der Waals surface area contributed by atoms with Gasteiger partial charge in [-0.3, -0.25) is 9.59 Å². The molecule has 0 aliphatic heterocycles. The molecule has 1 aromatic rings. The first-order valence-electron chi connectivity index (χ1n) is 5.71. The number of carboxylic acid groups (broad SMARTS) is 1. The van der Waals surface area contributed by atoms with Crippen molar-refractivity contribution in [1.82, 2.24) is 9.97 Å². The third kappa shape index (κ3) is 5.98. The number of halogens is 1. The molecule has 0 saturated carbocycles. The van der Waals surface area contributed by atoms with E-state index in [4.69, 9.17) is 5.11 Å². The summed E-state index contributed by atoms with van der Waals surface area (Å²) in [5, 5.41) is 18.3. The lowest BCUT2D eigenvalue weighted by atomic mass is 10.1. The highest BCUT2D eigenvalue weighted by Gasteiger charge is 2.11. The van der Waals surface area contributed by atoms with Gasteiger partial charge in [0.1, 0.15) is 0 Å². The minimum absolute atomic E-state index is 0. The van der Waals surface area contributed by atoms with Crippen LogP contribution in [-0.2, 0) is 11.2 Å². The predicted molar refractivity (Wildman–Crippen MR) is 75.4 cm³/mol. The number of H-pyrrole nitrogens is 1. The maximum Gasteiger partial charge on any atom is 0.313 e. The minimum atomic E-state index is -1.01. The molecule has 6 nitrogen and oxygen atoms in total. The largest absolute Gasteiger partial charge is 0.493 e. The number of aromatic nitrogens is 2. The molecule has 0 atom stereocenters. The van der Waals surface area contributed by atoms with Crippen molar-refractivity contribution >= 4 is 30.1 Å². The summed E-state index contributed by atoms with van der Waals surface area (Å²) in [7, 11) is 0. The zero-order chi connectivity index (χ0) is 13.5. The lowest BCUT2D eigenvalue weighted by Gasteiger charge is -2.04. The van der Waals surface area contributed by atoms with Gasteiger partial charge in [-0.05, 0) is 12.8 Å². The lowest BCUT2D eigenvalue weighted by molar-refractivity contribution is -0.133. The normalized spacial score (nSPS) is 9.95. The number of hydrogen-bond acceptors (Lipinski definition) is 5. The third-order valence-corrected chi connectivity index (χ3v) is 3.19. The van der Waals surface area contributed by atoms with E-state index < -0.39 is 11.5 Å². The fourth-order valence-electron chi connectivity index (χ4n) is 1.44. The summed E-state index contributed by atoms with van der Waals surface area (Å²) in [5.74, 6) is -1.52. The number of aliphatic carboxylic acids is 1. The topological polar surface area (TPSA) is 103 Å². The Bertz CT molecular complexity index is 478. The zero-order valence-corrected chi connectivity index (χ0v) is 12.1. The molecule has 0 bridgehead atoms. The number of unbranched alkanes of at least 4 members (excludes halogenated alkanes) is 2. The van der Waals surface area contributed by atoms with Crippen LogP contribution in [0.3, 0.4) is 0 Å². The van der Waals surface area contributed by atoms with Crippen molar-refractivity contribution in [2.75, 3.05) is 5.75 Å². The first kappa shape index (κ1) is 17.8. The number of nitrogens with one attached hydrogen (secondary N) is 1. The van der Waals surface area contributed by atoms with E-state index in [1.54, 1.807) is 0 Å².